The molecule has 0 saturated heterocycles. The number of anilines is 1. The molecule has 0 unspecified atom stereocenters. The van der Waals surface area contributed by atoms with Gasteiger partial charge in [0.1, 0.15) is 5.75 Å². The molecule has 0 atom stereocenters. The number of phenols is 1. The maximum Gasteiger partial charge on any atom is 0.338 e. The Kier molecular flexibility index (Phi) is 6.43. The quantitative estimate of drug-likeness (QED) is 0.643. The van der Waals surface area contributed by atoms with Crippen molar-refractivity contribution in [1.82, 2.24) is 0 Å². The molecule has 0 amide bonds. The molecule has 0 fully saturated rings. The van der Waals surface area contributed by atoms with Crippen LogP contribution in [0.5, 0.6) is 5.75 Å². The van der Waals surface area contributed by atoms with Crippen molar-refractivity contribution in [2.75, 3.05) is 11.9 Å². The van der Waals surface area contributed by atoms with E-state index in [1.54, 1.807) is 19.1 Å². The smallest absolute Gasteiger partial charge is 0.338 e. The zero-order chi connectivity index (χ0) is 21.1. The van der Waals surface area contributed by atoms with Crippen molar-refractivity contribution in [1.29, 1.82) is 0 Å². The lowest BCUT2D eigenvalue weighted by atomic mass is 9.78. The lowest BCUT2D eigenvalue weighted by Gasteiger charge is -2.28. The predicted molar refractivity (Wildman–Crippen MR) is 115 cm³/mol. The number of ether oxygens (including phenoxy) is 1. The molecule has 2 aromatic carbocycles. The van der Waals surface area contributed by atoms with Crippen molar-refractivity contribution in [3.05, 3.63) is 58.7 Å². The Morgan fingerprint density at radius 3 is 1.89 bits per heavy atom. The van der Waals surface area contributed by atoms with Crippen LogP contribution < -0.4 is 5.32 Å². The molecule has 2 N–H and O–H groups in total. The van der Waals surface area contributed by atoms with Crippen LogP contribution in [0.25, 0.3) is 0 Å². The van der Waals surface area contributed by atoms with Crippen LogP contribution in [-0.2, 0) is 22.1 Å². The molecule has 152 valence electrons. The molecule has 0 aromatic heterocycles. The first-order valence-electron chi connectivity index (χ1n) is 9.81. The summed E-state index contributed by atoms with van der Waals surface area (Å²) in [7, 11) is 0. The summed E-state index contributed by atoms with van der Waals surface area (Å²) in [5.41, 5.74) is 4.19. The molecule has 28 heavy (non-hydrogen) atoms. The van der Waals surface area contributed by atoms with E-state index in [0.717, 1.165) is 22.4 Å². The van der Waals surface area contributed by atoms with Crippen LogP contribution in [-0.4, -0.2) is 17.7 Å². The van der Waals surface area contributed by atoms with Crippen molar-refractivity contribution in [2.24, 2.45) is 0 Å². The normalized spacial score (nSPS) is 12.0. The third-order valence-electron chi connectivity index (χ3n) is 4.68. The number of benzene rings is 2. The van der Waals surface area contributed by atoms with Gasteiger partial charge in [-0.2, -0.15) is 0 Å². The molecule has 4 heteroatoms. The van der Waals surface area contributed by atoms with E-state index in [9.17, 15) is 9.90 Å². The van der Waals surface area contributed by atoms with Gasteiger partial charge in [0.2, 0.25) is 0 Å². The highest BCUT2D eigenvalue weighted by molar-refractivity contribution is 5.89. The molecule has 2 rings (SSSR count). The van der Waals surface area contributed by atoms with Crippen molar-refractivity contribution < 1.29 is 14.6 Å². The number of carbonyl (C=O) groups is 1. The fraction of sp³-hybridized carbons (Fsp3) is 0.458. The highest BCUT2D eigenvalue weighted by atomic mass is 16.5. The van der Waals surface area contributed by atoms with Crippen LogP contribution in [0.2, 0.25) is 0 Å². The van der Waals surface area contributed by atoms with Crippen LogP contribution in [0.1, 0.15) is 75.5 Å². The molecule has 4 nitrogen and oxygen atoms in total. The van der Waals surface area contributed by atoms with E-state index in [1.165, 1.54) is 0 Å². The number of nitrogens with one attached hydrogen (secondary N) is 1. The topological polar surface area (TPSA) is 58.6 Å². The van der Waals surface area contributed by atoms with E-state index in [4.69, 9.17) is 4.74 Å². The van der Waals surface area contributed by atoms with Gasteiger partial charge in [-0.1, -0.05) is 41.5 Å². The zero-order valence-electron chi connectivity index (χ0n) is 18.1. The minimum atomic E-state index is -0.308. The summed E-state index contributed by atoms with van der Waals surface area (Å²) in [5, 5.41) is 14.2. The largest absolute Gasteiger partial charge is 0.507 e. The number of hydrogen-bond donors (Lipinski definition) is 2. The SMILES string of the molecule is CCOC(=O)c1ccc(NCc2cc(C(C)(C)C)c(O)c(C(C)(C)C)c2)cc1. The summed E-state index contributed by atoms with van der Waals surface area (Å²) >= 11 is 0. The monoisotopic (exact) mass is 383 g/mol. The molecule has 0 spiro atoms. The second kappa shape index (κ2) is 8.26. The Morgan fingerprint density at radius 2 is 1.46 bits per heavy atom. The van der Waals surface area contributed by atoms with Crippen molar-refractivity contribution >= 4 is 11.7 Å². The van der Waals surface area contributed by atoms with Gasteiger partial charge in [0, 0.05) is 12.2 Å². The lowest BCUT2D eigenvalue weighted by Crippen LogP contribution is -2.18. The molecule has 0 radical (unpaired) electrons. The van der Waals surface area contributed by atoms with Gasteiger partial charge in [-0.25, -0.2) is 4.79 Å². The lowest BCUT2D eigenvalue weighted by molar-refractivity contribution is 0.0526. The van der Waals surface area contributed by atoms with E-state index in [-0.39, 0.29) is 16.8 Å². The van der Waals surface area contributed by atoms with Crippen LogP contribution in [0.15, 0.2) is 36.4 Å². The maximum atomic E-state index is 11.8. The van der Waals surface area contributed by atoms with Crippen molar-refractivity contribution in [2.45, 2.75) is 65.8 Å². The van der Waals surface area contributed by atoms with E-state index in [2.05, 4.69) is 59.0 Å². The van der Waals surface area contributed by atoms with Crippen LogP contribution in [0, 0.1) is 0 Å². The summed E-state index contributed by atoms with van der Waals surface area (Å²) in [6.45, 7) is 15.5. The number of phenolic OH excluding ortho intramolecular Hbond substituents is 1. The van der Waals surface area contributed by atoms with Crippen molar-refractivity contribution in [3.8, 4) is 5.75 Å². The van der Waals surface area contributed by atoms with E-state index < -0.39 is 0 Å². The highest BCUT2D eigenvalue weighted by Crippen LogP contribution is 2.39. The van der Waals surface area contributed by atoms with Gasteiger partial charge in [0.05, 0.1) is 12.2 Å². The Labute approximate surface area is 168 Å². The molecule has 2 aromatic rings. The molecule has 0 saturated carbocycles. The van der Waals surface area contributed by atoms with E-state index in [0.29, 0.717) is 24.5 Å². The molecule has 0 aliphatic rings. The molecule has 0 heterocycles. The third-order valence-corrected chi connectivity index (χ3v) is 4.68. The number of hydrogen-bond acceptors (Lipinski definition) is 4. The number of esters is 1. The second-order valence-corrected chi connectivity index (χ2v) is 9.19. The fourth-order valence-corrected chi connectivity index (χ4v) is 3.08. The van der Waals surface area contributed by atoms with Crippen LogP contribution in [0.4, 0.5) is 5.69 Å². The van der Waals surface area contributed by atoms with Gasteiger partial charge in [0.15, 0.2) is 0 Å². The summed E-state index contributed by atoms with van der Waals surface area (Å²) in [5.74, 6) is 0.0831. The van der Waals surface area contributed by atoms with Gasteiger partial charge in [-0.05, 0) is 70.8 Å². The summed E-state index contributed by atoms with van der Waals surface area (Å²) < 4.78 is 5.02. The van der Waals surface area contributed by atoms with Crippen LogP contribution >= 0.6 is 0 Å². The fourth-order valence-electron chi connectivity index (χ4n) is 3.08. The van der Waals surface area contributed by atoms with Crippen LogP contribution in [0.3, 0.4) is 0 Å². The minimum absolute atomic E-state index is 0.151. The molecule has 0 aliphatic carbocycles. The summed E-state index contributed by atoms with van der Waals surface area (Å²) in [6, 6.07) is 11.4. The van der Waals surface area contributed by atoms with Crippen molar-refractivity contribution in [3.63, 3.8) is 0 Å². The number of aromatic hydroxyl groups is 1. The summed E-state index contributed by atoms with van der Waals surface area (Å²) in [6.07, 6.45) is 0. The summed E-state index contributed by atoms with van der Waals surface area (Å²) in [4.78, 5) is 11.8. The third kappa shape index (κ3) is 5.28. The van der Waals surface area contributed by atoms with Gasteiger partial charge in [-0.15, -0.1) is 0 Å². The average molecular weight is 384 g/mol. The minimum Gasteiger partial charge on any atom is -0.507 e. The Hall–Kier alpha value is -2.49. The van der Waals surface area contributed by atoms with E-state index in [1.807, 2.05) is 12.1 Å². The van der Waals surface area contributed by atoms with Gasteiger partial charge in [0.25, 0.3) is 0 Å². The number of rotatable bonds is 5. The predicted octanol–water partition coefficient (Wildman–Crippen LogP) is 5.78. The first-order chi connectivity index (χ1) is 12.9. The van der Waals surface area contributed by atoms with E-state index >= 15 is 0 Å². The van der Waals surface area contributed by atoms with Gasteiger partial charge < -0.3 is 15.2 Å². The molecule has 0 bridgehead atoms. The highest BCUT2D eigenvalue weighted by Gasteiger charge is 2.26. The molecular weight excluding hydrogens is 350 g/mol. The van der Waals surface area contributed by atoms with Gasteiger partial charge in [-0.3, -0.25) is 0 Å². The second-order valence-electron chi connectivity index (χ2n) is 9.19. The molecular formula is C24H33NO3. The Bertz CT molecular complexity index is 789. The zero-order valence-corrected chi connectivity index (χ0v) is 18.1. The molecule has 0 aliphatic heterocycles. The Balaban J connectivity index is 2.25. The van der Waals surface area contributed by atoms with Gasteiger partial charge >= 0.3 is 5.97 Å². The Morgan fingerprint density at radius 1 is 0.964 bits per heavy atom. The number of carbonyl (C=O) groups excluding carboxylic acids is 1. The first-order valence-corrected chi connectivity index (χ1v) is 9.81. The maximum absolute atomic E-state index is 11.8. The average Bonchev–Trinajstić information content (AvgIpc) is 2.59. The first kappa shape index (κ1) is 21.8. The standard InChI is InChI=1S/C24H33NO3/c1-8-28-22(27)17-9-11-18(12-10-17)25-15-16-13-19(23(2,3)4)21(26)20(14-16)24(5,6)7/h9-14,25-26H,8,15H2,1-7H3.